The molecule has 6 nitrogen and oxygen atoms in total. The largest absolute Gasteiger partial charge is 0.486 e. The van der Waals surface area contributed by atoms with Crippen molar-refractivity contribution >= 4 is 21.6 Å². The molecule has 0 aliphatic carbocycles. The maximum absolute atomic E-state index is 10.7. The Kier molecular flexibility index (Phi) is 3.61. The lowest BCUT2D eigenvalue weighted by Crippen LogP contribution is -1.99. The van der Waals surface area contributed by atoms with Gasteiger partial charge in [-0.2, -0.15) is 5.10 Å². The second-order valence-corrected chi connectivity index (χ2v) is 4.50. The van der Waals surface area contributed by atoms with E-state index in [1.54, 1.807) is 16.9 Å². The van der Waals surface area contributed by atoms with Crippen LogP contribution in [0.5, 0.6) is 5.75 Å². The molecule has 0 saturated heterocycles. The van der Waals surface area contributed by atoms with Gasteiger partial charge >= 0.3 is 0 Å². The number of nitrogens with zero attached hydrogens (tertiary/aromatic N) is 3. The third-order valence-electron chi connectivity index (χ3n) is 2.27. The molecule has 1 aromatic carbocycles. The Morgan fingerprint density at radius 1 is 1.50 bits per heavy atom. The van der Waals surface area contributed by atoms with E-state index in [-0.39, 0.29) is 12.3 Å². The van der Waals surface area contributed by atoms with E-state index in [9.17, 15) is 10.1 Å². The van der Waals surface area contributed by atoms with Crippen molar-refractivity contribution in [3.05, 3.63) is 50.7 Å². The average Bonchev–Trinajstić information content (AvgIpc) is 2.74. The summed E-state index contributed by atoms with van der Waals surface area (Å²) in [5.41, 5.74) is 0.755. The Morgan fingerprint density at radius 3 is 2.89 bits per heavy atom. The molecule has 0 N–H and O–H groups in total. The van der Waals surface area contributed by atoms with Crippen molar-refractivity contribution in [2.45, 2.75) is 6.61 Å². The first-order valence-electron chi connectivity index (χ1n) is 5.11. The average molecular weight is 312 g/mol. The fourth-order valence-electron chi connectivity index (χ4n) is 1.41. The Bertz CT molecular complexity index is 583. The van der Waals surface area contributed by atoms with Gasteiger partial charge < -0.3 is 4.74 Å². The van der Waals surface area contributed by atoms with Crippen LogP contribution in [0.15, 0.2) is 34.9 Å². The maximum atomic E-state index is 10.7. The highest BCUT2D eigenvalue weighted by molar-refractivity contribution is 9.10. The van der Waals surface area contributed by atoms with Crippen LogP contribution < -0.4 is 4.74 Å². The number of aromatic nitrogens is 2. The monoisotopic (exact) mass is 311 g/mol. The highest BCUT2D eigenvalue weighted by Crippen LogP contribution is 2.29. The predicted molar refractivity (Wildman–Crippen MR) is 68.3 cm³/mol. The molecule has 1 aromatic heterocycles. The lowest BCUT2D eigenvalue weighted by atomic mass is 10.3. The number of aryl methyl sites for hydroxylation is 1. The zero-order chi connectivity index (χ0) is 13.1. The molecule has 0 aliphatic rings. The third-order valence-corrected chi connectivity index (χ3v) is 2.93. The van der Waals surface area contributed by atoms with E-state index in [0.717, 1.165) is 5.69 Å². The zero-order valence-electron chi connectivity index (χ0n) is 9.54. The van der Waals surface area contributed by atoms with Crippen molar-refractivity contribution in [2.24, 2.45) is 7.05 Å². The molecule has 0 amide bonds. The number of nitro groups is 1. The molecular weight excluding hydrogens is 302 g/mol. The first-order valence-corrected chi connectivity index (χ1v) is 5.91. The summed E-state index contributed by atoms with van der Waals surface area (Å²) in [6.45, 7) is 0.264. The second-order valence-electron chi connectivity index (χ2n) is 3.64. The molecule has 7 heteroatoms. The summed E-state index contributed by atoms with van der Waals surface area (Å²) in [5.74, 6) is 0.426. The van der Waals surface area contributed by atoms with Crippen molar-refractivity contribution in [2.75, 3.05) is 0 Å². The summed E-state index contributed by atoms with van der Waals surface area (Å²) in [4.78, 5) is 10.2. The molecule has 1 heterocycles. The molecule has 94 valence electrons. The van der Waals surface area contributed by atoms with E-state index in [1.165, 1.54) is 12.1 Å². The first-order chi connectivity index (χ1) is 8.56. The predicted octanol–water partition coefficient (Wildman–Crippen LogP) is 2.67. The minimum absolute atomic E-state index is 0.00535. The van der Waals surface area contributed by atoms with Crippen molar-refractivity contribution in [1.82, 2.24) is 9.78 Å². The van der Waals surface area contributed by atoms with Crippen LogP contribution in [0.2, 0.25) is 0 Å². The van der Waals surface area contributed by atoms with Gasteiger partial charge in [-0.3, -0.25) is 14.8 Å². The quantitative estimate of drug-likeness (QED) is 0.643. The summed E-state index contributed by atoms with van der Waals surface area (Å²) in [6.07, 6.45) is 1.81. The smallest absolute Gasteiger partial charge is 0.273 e. The summed E-state index contributed by atoms with van der Waals surface area (Å²) >= 11 is 3.29. The van der Waals surface area contributed by atoms with E-state index in [1.807, 2.05) is 13.1 Å². The van der Waals surface area contributed by atoms with Crippen LogP contribution in [0.1, 0.15) is 5.69 Å². The van der Waals surface area contributed by atoms with Crippen molar-refractivity contribution in [3.63, 3.8) is 0 Å². The van der Waals surface area contributed by atoms with Crippen molar-refractivity contribution < 1.29 is 9.66 Å². The lowest BCUT2D eigenvalue weighted by molar-refractivity contribution is -0.385. The minimum Gasteiger partial charge on any atom is -0.486 e. The maximum Gasteiger partial charge on any atom is 0.273 e. The van der Waals surface area contributed by atoms with E-state index < -0.39 is 4.92 Å². The Balaban J connectivity index is 2.13. The number of benzene rings is 1. The van der Waals surface area contributed by atoms with Gasteiger partial charge in [0, 0.05) is 19.3 Å². The van der Waals surface area contributed by atoms with E-state index >= 15 is 0 Å². The molecule has 0 unspecified atom stereocenters. The fourth-order valence-corrected chi connectivity index (χ4v) is 1.77. The van der Waals surface area contributed by atoms with Gasteiger partial charge in [0.05, 0.1) is 21.2 Å². The first kappa shape index (κ1) is 12.6. The number of rotatable bonds is 4. The van der Waals surface area contributed by atoms with Gasteiger partial charge in [0.2, 0.25) is 0 Å². The molecule has 0 saturated carbocycles. The SMILES string of the molecule is Cn1ccc(COc2cc([N+](=O)[O-])ccc2Br)n1. The zero-order valence-corrected chi connectivity index (χ0v) is 11.1. The topological polar surface area (TPSA) is 70.2 Å². The Morgan fingerprint density at radius 2 is 2.28 bits per heavy atom. The molecule has 2 aromatic rings. The Hall–Kier alpha value is -1.89. The third kappa shape index (κ3) is 2.86. The van der Waals surface area contributed by atoms with Crippen LogP contribution in [0.25, 0.3) is 0 Å². The van der Waals surface area contributed by atoms with Gasteiger partial charge in [0.15, 0.2) is 0 Å². The van der Waals surface area contributed by atoms with Gasteiger partial charge in [-0.1, -0.05) is 0 Å². The second kappa shape index (κ2) is 5.18. The normalized spacial score (nSPS) is 10.3. The molecule has 0 bridgehead atoms. The highest BCUT2D eigenvalue weighted by Gasteiger charge is 2.10. The Labute approximate surface area is 111 Å². The standard InChI is InChI=1S/C11H10BrN3O3/c1-14-5-4-8(13-14)7-18-11-6-9(15(16)17)2-3-10(11)12/h2-6H,7H2,1H3. The molecule has 0 atom stereocenters. The molecule has 2 rings (SSSR count). The molecule has 0 radical (unpaired) electrons. The summed E-state index contributed by atoms with van der Waals surface area (Å²) < 4.78 is 7.84. The van der Waals surface area contributed by atoms with E-state index in [2.05, 4.69) is 21.0 Å². The van der Waals surface area contributed by atoms with Crippen LogP contribution in [-0.2, 0) is 13.7 Å². The number of hydrogen-bond acceptors (Lipinski definition) is 4. The molecule has 0 spiro atoms. The van der Waals surface area contributed by atoms with Gasteiger partial charge in [0.25, 0.3) is 5.69 Å². The summed E-state index contributed by atoms with van der Waals surface area (Å²) in [5, 5.41) is 14.8. The molecular formula is C11H10BrN3O3. The lowest BCUT2D eigenvalue weighted by Gasteiger charge is -2.06. The molecule has 0 fully saturated rings. The molecule has 0 aliphatic heterocycles. The minimum atomic E-state index is -0.458. The number of non-ortho nitro benzene ring substituents is 1. The van der Waals surface area contributed by atoms with Crippen LogP contribution in [0.4, 0.5) is 5.69 Å². The van der Waals surface area contributed by atoms with Crippen LogP contribution in [0.3, 0.4) is 0 Å². The summed E-state index contributed by atoms with van der Waals surface area (Å²) in [6, 6.07) is 6.21. The van der Waals surface area contributed by atoms with Gasteiger partial charge in [-0.15, -0.1) is 0 Å². The van der Waals surface area contributed by atoms with E-state index in [4.69, 9.17) is 4.74 Å². The van der Waals surface area contributed by atoms with Gasteiger partial charge in [-0.05, 0) is 28.1 Å². The van der Waals surface area contributed by atoms with Crippen molar-refractivity contribution in [1.29, 1.82) is 0 Å². The van der Waals surface area contributed by atoms with Crippen molar-refractivity contribution in [3.8, 4) is 5.75 Å². The fraction of sp³-hybridized carbons (Fsp3) is 0.182. The van der Waals surface area contributed by atoms with E-state index in [0.29, 0.717) is 10.2 Å². The number of nitro benzene ring substituents is 1. The van der Waals surface area contributed by atoms with Gasteiger partial charge in [-0.25, -0.2) is 0 Å². The molecule has 18 heavy (non-hydrogen) atoms. The summed E-state index contributed by atoms with van der Waals surface area (Å²) in [7, 11) is 1.81. The van der Waals surface area contributed by atoms with Crippen LogP contribution in [0, 0.1) is 10.1 Å². The number of ether oxygens (including phenoxy) is 1. The van der Waals surface area contributed by atoms with Crippen LogP contribution in [-0.4, -0.2) is 14.7 Å². The number of halogens is 1. The number of hydrogen-bond donors (Lipinski definition) is 0. The van der Waals surface area contributed by atoms with Crippen LogP contribution >= 0.6 is 15.9 Å². The van der Waals surface area contributed by atoms with Gasteiger partial charge in [0.1, 0.15) is 12.4 Å². The highest BCUT2D eigenvalue weighted by atomic mass is 79.9.